The lowest BCUT2D eigenvalue weighted by Gasteiger charge is -2.14. The van der Waals surface area contributed by atoms with Gasteiger partial charge in [-0.15, -0.1) is 0 Å². The van der Waals surface area contributed by atoms with Gasteiger partial charge in [-0.05, 0) is 0 Å². The highest BCUT2D eigenvalue weighted by Crippen LogP contribution is 2.07. The summed E-state index contributed by atoms with van der Waals surface area (Å²) < 4.78 is 1.46. The summed E-state index contributed by atoms with van der Waals surface area (Å²) in [5.41, 5.74) is 0.492. The normalized spacial score (nSPS) is 10.6. The van der Waals surface area contributed by atoms with E-state index >= 15 is 0 Å². The smallest absolute Gasteiger partial charge is 0.282 e. The molecule has 78 valence electrons. The molecule has 0 bridgehead atoms. The van der Waals surface area contributed by atoms with Crippen LogP contribution in [0.5, 0.6) is 0 Å². The van der Waals surface area contributed by atoms with Crippen LogP contribution in [0.3, 0.4) is 0 Å². The van der Waals surface area contributed by atoms with Crippen LogP contribution in [0.4, 0.5) is 5.95 Å². The summed E-state index contributed by atoms with van der Waals surface area (Å²) in [6, 6.07) is 0. The van der Waals surface area contributed by atoms with Crippen molar-refractivity contribution in [3.8, 4) is 0 Å². The molecule has 0 atom stereocenters. The molecule has 2 aromatic rings. The average molecular weight is 205 g/mol. The molecule has 2 rings (SSSR count). The van der Waals surface area contributed by atoms with E-state index in [4.69, 9.17) is 0 Å². The summed E-state index contributed by atoms with van der Waals surface area (Å²) in [4.78, 5) is 25.8. The molecule has 2 heterocycles. The first kappa shape index (κ1) is 9.57. The second kappa shape index (κ2) is 3.30. The van der Waals surface area contributed by atoms with Crippen molar-refractivity contribution < 1.29 is 0 Å². The van der Waals surface area contributed by atoms with Crippen LogP contribution in [0.25, 0.3) is 11.2 Å². The second-order valence-corrected chi connectivity index (χ2v) is 3.40. The van der Waals surface area contributed by atoms with Gasteiger partial charge in [-0.1, -0.05) is 0 Å². The predicted molar refractivity (Wildman–Crippen MR) is 56.9 cm³/mol. The van der Waals surface area contributed by atoms with Gasteiger partial charge in [0.05, 0.1) is 0 Å². The molecular formula is C9H11N5O. The minimum atomic E-state index is -0.184. The molecule has 0 aliphatic rings. The number of hydrogen-bond donors (Lipinski definition) is 0. The quantitative estimate of drug-likeness (QED) is 0.644. The first-order valence-electron chi connectivity index (χ1n) is 4.46. The van der Waals surface area contributed by atoms with E-state index in [-0.39, 0.29) is 5.56 Å². The van der Waals surface area contributed by atoms with Crippen molar-refractivity contribution in [2.75, 3.05) is 19.0 Å². The zero-order valence-electron chi connectivity index (χ0n) is 8.80. The first-order valence-corrected chi connectivity index (χ1v) is 4.46. The highest BCUT2D eigenvalue weighted by molar-refractivity contribution is 5.69. The lowest BCUT2D eigenvalue weighted by Crippen LogP contribution is -2.26. The van der Waals surface area contributed by atoms with Gasteiger partial charge in [0.1, 0.15) is 0 Å². The van der Waals surface area contributed by atoms with Gasteiger partial charge in [0.2, 0.25) is 5.95 Å². The van der Waals surface area contributed by atoms with Crippen molar-refractivity contribution in [2.24, 2.45) is 7.05 Å². The Hall–Kier alpha value is -1.98. The van der Waals surface area contributed by atoms with Crippen LogP contribution in [0.15, 0.2) is 17.2 Å². The molecule has 0 aromatic carbocycles. The summed E-state index contributed by atoms with van der Waals surface area (Å²) >= 11 is 0. The number of nitrogens with zero attached hydrogens (tertiary/aromatic N) is 5. The van der Waals surface area contributed by atoms with Crippen molar-refractivity contribution in [1.29, 1.82) is 0 Å². The molecule has 0 aliphatic carbocycles. The van der Waals surface area contributed by atoms with Crippen molar-refractivity contribution >= 4 is 17.1 Å². The monoisotopic (exact) mass is 205 g/mol. The highest BCUT2D eigenvalue weighted by Gasteiger charge is 2.10. The Kier molecular flexibility index (Phi) is 2.11. The Morgan fingerprint density at radius 3 is 2.60 bits per heavy atom. The molecule has 6 nitrogen and oxygen atoms in total. The van der Waals surface area contributed by atoms with E-state index in [1.165, 1.54) is 17.0 Å². The maximum absolute atomic E-state index is 11.8. The molecule has 6 heteroatoms. The summed E-state index contributed by atoms with van der Waals surface area (Å²) in [5.74, 6) is 0.563. The zero-order valence-corrected chi connectivity index (χ0v) is 8.80. The van der Waals surface area contributed by atoms with E-state index in [9.17, 15) is 4.79 Å². The number of hydrogen-bond acceptors (Lipinski definition) is 5. The third kappa shape index (κ3) is 1.43. The molecule has 0 unspecified atom stereocenters. The van der Waals surface area contributed by atoms with Crippen molar-refractivity contribution in [2.45, 2.75) is 0 Å². The maximum atomic E-state index is 11.8. The predicted octanol–water partition coefficient (Wildman–Crippen LogP) is -0.211. The molecule has 0 aliphatic heterocycles. The molecule has 0 fully saturated rings. The highest BCUT2D eigenvalue weighted by atomic mass is 16.1. The molecular weight excluding hydrogens is 194 g/mol. The third-order valence-electron chi connectivity index (χ3n) is 2.09. The van der Waals surface area contributed by atoms with Gasteiger partial charge in [-0.2, -0.15) is 4.98 Å². The molecule has 0 amide bonds. The minimum absolute atomic E-state index is 0.184. The van der Waals surface area contributed by atoms with Crippen LogP contribution in [0.2, 0.25) is 0 Å². The summed E-state index contributed by atoms with van der Waals surface area (Å²) in [6.45, 7) is 0. The van der Waals surface area contributed by atoms with Gasteiger partial charge < -0.3 is 4.90 Å². The fourth-order valence-electron chi connectivity index (χ4n) is 1.38. The van der Waals surface area contributed by atoms with Crippen LogP contribution in [-0.4, -0.2) is 33.6 Å². The van der Waals surface area contributed by atoms with Crippen LogP contribution in [-0.2, 0) is 7.05 Å². The lowest BCUT2D eigenvalue weighted by atomic mass is 10.5. The second-order valence-electron chi connectivity index (χ2n) is 3.40. The Morgan fingerprint density at radius 1 is 1.27 bits per heavy atom. The van der Waals surface area contributed by atoms with E-state index in [0.717, 1.165) is 0 Å². The molecule has 0 spiro atoms. The van der Waals surface area contributed by atoms with E-state index in [0.29, 0.717) is 17.1 Å². The van der Waals surface area contributed by atoms with Gasteiger partial charge in [-0.25, -0.2) is 9.97 Å². The summed E-state index contributed by atoms with van der Waals surface area (Å²) in [6.07, 6.45) is 3.01. The van der Waals surface area contributed by atoms with Gasteiger partial charge in [-0.3, -0.25) is 9.36 Å². The Bertz CT molecular complexity index is 560. The first-order chi connectivity index (χ1) is 7.11. The van der Waals surface area contributed by atoms with Gasteiger partial charge >= 0.3 is 0 Å². The maximum Gasteiger partial charge on any atom is 0.282 e. The van der Waals surface area contributed by atoms with Crippen molar-refractivity contribution in [1.82, 2.24) is 19.5 Å². The van der Waals surface area contributed by atoms with Crippen LogP contribution in [0.1, 0.15) is 0 Å². The van der Waals surface area contributed by atoms with Crippen molar-refractivity contribution in [3.05, 3.63) is 22.7 Å². The fraction of sp³-hybridized carbons (Fsp3) is 0.333. The molecule has 0 saturated heterocycles. The molecule has 2 aromatic heterocycles. The van der Waals surface area contributed by atoms with Crippen LogP contribution < -0.4 is 10.5 Å². The number of anilines is 1. The average Bonchev–Trinajstić information content (AvgIpc) is 2.23. The zero-order chi connectivity index (χ0) is 11.0. The lowest BCUT2D eigenvalue weighted by molar-refractivity contribution is 0.804. The summed E-state index contributed by atoms with van der Waals surface area (Å²) in [7, 11) is 5.31. The van der Waals surface area contributed by atoms with E-state index in [1.807, 2.05) is 14.1 Å². The van der Waals surface area contributed by atoms with Gasteiger partial charge in [0, 0.05) is 33.5 Å². The molecule has 0 radical (unpaired) electrons. The van der Waals surface area contributed by atoms with Crippen LogP contribution in [0, 0.1) is 0 Å². The van der Waals surface area contributed by atoms with E-state index in [2.05, 4.69) is 15.0 Å². The number of aromatic nitrogens is 4. The SMILES string of the molecule is CN(C)c1nc2nccnc2c(=O)n1C. The Labute approximate surface area is 86.2 Å². The molecule has 15 heavy (non-hydrogen) atoms. The van der Waals surface area contributed by atoms with E-state index in [1.54, 1.807) is 11.9 Å². The van der Waals surface area contributed by atoms with Crippen LogP contribution >= 0.6 is 0 Å². The Balaban J connectivity index is 2.89. The summed E-state index contributed by atoms with van der Waals surface area (Å²) in [5, 5.41) is 0. The fourth-order valence-corrected chi connectivity index (χ4v) is 1.38. The number of fused-ring (bicyclic) bond motifs is 1. The third-order valence-corrected chi connectivity index (χ3v) is 2.09. The minimum Gasteiger partial charge on any atom is -0.348 e. The molecule has 0 saturated carbocycles. The van der Waals surface area contributed by atoms with Gasteiger partial charge in [0.15, 0.2) is 11.2 Å². The Morgan fingerprint density at radius 2 is 1.93 bits per heavy atom. The molecule has 0 N–H and O–H groups in total. The van der Waals surface area contributed by atoms with Crippen molar-refractivity contribution in [3.63, 3.8) is 0 Å². The topological polar surface area (TPSA) is 63.9 Å². The standard InChI is InChI=1S/C9H11N5O/c1-13(2)9-12-7-6(8(15)14(9)3)10-4-5-11-7/h4-5H,1-3H3. The van der Waals surface area contributed by atoms with Gasteiger partial charge in [0.25, 0.3) is 5.56 Å². The largest absolute Gasteiger partial charge is 0.348 e. The number of rotatable bonds is 1. The van der Waals surface area contributed by atoms with E-state index < -0.39 is 0 Å².